The molecule has 26 heavy (non-hydrogen) atoms. The van der Waals surface area contributed by atoms with Crippen molar-refractivity contribution < 1.29 is 8.42 Å². The molecule has 1 aromatic carbocycles. The Balaban J connectivity index is 1.53. The smallest absolute Gasteiger partial charge is 0.256 e. The van der Waals surface area contributed by atoms with Gasteiger partial charge in [0.15, 0.2) is 0 Å². The van der Waals surface area contributed by atoms with Crippen LogP contribution in [0.3, 0.4) is 0 Å². The Kier molecular flexibility index (Phi) is 4.86. The van der Waals surface area contributed by atoms with Gasteiger partial charge in [-0.2, -0.15) is 4.31 Å². The first-order valence-electron chi connectivity index (χ1n) is 9.37. The van der Waals surface area contributed by atoms with Gasteiger partial charge in [-0.1, -0.05) is 24.6 Å². The molecule has 1 fully saturated rings. The van der Waals surface area contributed by atoms with Crippen LogP contribution in [0.15, 0.2) is 29.1 Å². The second kappa shape index (κ2) is 7.13. The van der Waals surface area contributed by atoms with Crippen LogP contribution in [0, 0.1) is 0 Å². The van der Waals surface area contributed by atoms with Gasteiger partial charge in [-0.3, -0.25) is 4.79 Å². The van der Waals surface area contributed by atoms with Gasteiger partial charge in [0, 0.05) is 24.2 Å². The summed E-state index contributed by atoms with van der Waals surface area (Å²) in [4.78, 5) is 17.5. The lowest BCUT2D eigenvalue weighted by Crippen LogP contribution is -2.42. The Labute approximate surface area is 153 Å². The van der Waals surface area contributed by atoms with Crippen molar-refractivity contribution >= 4 is 20.8 Å². The zero-order chi connectivity index (χ0) is 18.1. The van der Waals surface area contributed by atoms with Crippen molar-refractivity contribution in [1.29, 1.82) is 0 Å². The Bertz CT molecular complexity index is 962. The normalized spacial score (nSPS) is 19.5. The molecule has 1 aromatic heterocycles. The standard InChI is InChI=1S/C19H25N3O3S/c23-19-17-7-3-2-6-15(17)16-8-11-22(14-18(16)20-19)26(24,25)13-12-21-9-4-1-5-10-21/h2-3,6-7H,1,4-5,8-14H2,(H,20,23). The first-order valence-corrected chi connectivity index (χ1v) is 11.0. The number of hydrogen-bond acceptors (Lipinski definition) is 4. The van der Waals surface area contributed by atoms with Gasteiger partial charge in [0.2, 0.25) is 10.0 Å². The number of fused-ring (bicyclic) bond motifs is 3. The topological polar surface area (TPSA) is 73.5 Å². The number of rotatable bonds is 4. The van der Waals surface area contributed by atoms with Gasteiger partial charge in [-0.05, 0) is 49.4 Å². The van der Waals surface area contributed by atoms with E-state index in [1.807, 2.05) is 24.3 Å². The fourth-order valence-electron chi connectivity index (χ4n) is 4.09. The third kappa shape index (κ3) is 3.43. The van der Waals surface area contributed by atoms with Crippen molar-refractivity contribution in [2.75, 3.05) is 31.9 Å². The highest BCUT2D eigenvalue weighted by Gasteiger charge is 2.29. The molecular formula is C19H25N3O3S. The summed E-state index contributed by atoms with van der Waals surface area (Å²) < 4.78 is 27.1. The molecule has 2 aliphatic rings. The number of aromatic nitrogens is 1. The molecule has 0 aliphatic carbocycles. The molecule has 6 nitrogen and oxygen atoms in total. The van der Waals surface area contributed by atoms with Crippen LogP contribution in [0.2, 0.25) is 0 Å². The highest BCUT2D eigenvalue weighted by Crippen LogP contribution is 2.25. The Morgan fingerprint density at radius 2 is 1.73 bits per heavy atom. The summed E-state index contributed by atoms with van der Waals surface area (Å²) in [6, 6.07) is 7.54. The second-order valence-electron chi connectivity index (χ2n) is 7.26. The van der Waals surface area contributed by atoms with Gasteiger partial charge in [0.05, 0.1) is 12.3 Å². The van der Waals surface area contributed by atoms with Gasteiger partial charge in [-0.15, -0.1) is 0 Å². The van der Waals surface area contributed by atoms with E-state index in [9.17, 15) is 13.2 Å². The van der Waals surface area contributed by atoms with Crippen LogP contribution in [0.5, 0.6) is 0 Å². The highest BCUT2D eigenvalue weighted by atomic mass is 32.2. The van der Waals surface area contributed by atoms with Crippen molar-refractivity contribution in [2.24, 2.45) is 0 Å². The molecule has 1 N–H and O–H groups in total. The maximum absolute atomic E-state index is 12.8. The van der Waals surface area contributed by atoms with E-state index in [0.29, 0.717) is 24.9 Å². The van der Waals surface area contributed by atoms with E-state index >= 15 is 0 Å². The fraction of sp³-hybridized carbons (Fsp3) is 0.526. The lowest BCUT2D eigenvalue weighted by molar-refractivity contribution is 0.239. The minimum Gasteiger partial charge on any atom is -0.324 e. The lowest BCUT2D eigenvalue weighted by Gasteiger charge is -2.30. The number of sulfonamides is 1. The monoisotopic (exact) mass is 375 g/mol. The molecule has 3 heterocycles. The third-order valence-corrected chi connectivity index (χ3v) is 7.38. The first-order chi connectivity index (χ1) is 12.5. The number of hydrogen-bond donors (Lipinski definition) is 1. The minimum absolute atomic E-state index is 0.146. The minimum atomic E-state index is -3.32. The van der Waals surface area contributed by atoms with Crippen LogP contribution < -0.4 is 5.56 Å². The van der Waals surface area contributed by atoms with E-state index < -0.39 is 10.0 Å². The summed E-state index contributed by atoms with van der Waals surface area (Å²) >= 11 is 0. The number of benzene rings is 1. The quantitative estimate of drug-likeness (QED) is 0.883. The van der Waals surface area contributed by atoms with Crippen molar-refractivity contribution in [2.45, 2.75) is 32.2 Å². The predicted molar refractivity (Wildman–Crippen MR) is 103 cm³/mol. The van der Waals surface area contributed by atoms with E-state index in [1.54, 1.807) is 0 Å². The zero-order valence-electron chi connectivity index (χ0n) is 14.9. The van der Waals surface area contributed by atoms with Gasteiger partial charge >= 0.3 is 0 Å². The van der Waals surface area contributed by atoms with Crippen LogP contribution in [0.4, 0.5) is 0 Å². The van der Waals surface area contributed by atoms with E-state index in [1.165, 1.54) is 10.7 Å². The molecule has 0 saturated carbocycles. The Morgan fingerprint density at radius 3 is 2.50 bits per heavy atom. The molecule has 7 heteroatoms. The summed E-state index contributed by atoms with van der Waals surface area (Å²) in [5.41, 5.74) is 1.66. The first kappa shape index (κ1) is 17.7. The number of piperidine rings is 1. The van der Waals surface area contributed by atoms with E-state index in [4.69, 9.17) is 0 Å². The number of likely N-dealkylation sites (tertiary alicyclic amines) is 1. The summed E-state index contributed by atoms with van der Waals surface area (Å²) in [7, 11) is -3.32. The molecule has 0 amide bonds. The zero-order valence-corrected chi connectivity index (χ0v) is 15.7. The molecule has 4 rings (SSSR count). The molecule has 140 valence electrons. The molecule has 0 bridgehead atoms. The van der Waals surface area contributed by atoms with Gasteiger partial charge in [-0.25, -0.2) is 8.42 Å². The number of nitrogens with zero attached hydrogens (tertiary/aromatic N) is 2. The third-order valence-electron chi connectivity index (χ3n) is 5.58. The predicted octanol–water partition coefficient (Wildman–Crippen LogP) is 1.70. The molecule has 2 aliphatic heterocycles. The number of aromatic amines is 1. The summed E-state index contributed by atoms with van der Waals surface area (Å²) in [5, 5.41) is 1.62. The maximum Gasteiger partial charge on any atom is 0.256 e. The summed E-state index contributed by atoms with van der Waals surface area (Å²) in [6.45, 7) is 3.33. The average Bonchev–Trinajstić information content (AvgIpc) is 2.67. The SMILES string of the molecule is O=c1[nH]c2c(c3ccccc13)CCN(S(=O)(=O)CCN1CCCCC1)C2. The van der Waals surface area contributed by atoms with Crippen LogP contribution >= 0.6 is 0 Å². The van der Waals surface area contributed by atoms with Crippen LogP contribution in [-0.4, -0.2) is 54.5 Å². The van der Waals surface area contributed by atoms with Crippen molar-refractivity contribution in [1.82, 2.24) is 14.2 Å². The van der Waals surface area contributed by atoms with E-state index in [2.05, 4.69) is 9.88 Å². The highest BCUT2D eigenvalue weighted by molar-refractivity contribution is 7.89. The Morgan fingerprint density at radius 1 is 1.00 bits per heavy atom. The van der Waals surface area contributed by atoms with Gasteiger partial charge in [0.25, 0.3) is 5.56 Å². The van der Waals surface area contributed by atoms with Crippen LogP contribution in [0.1, 0.15) is 30.5 Å². The number of H-pyrrole nitrogens is 1. The molecule has 2 aromatic rings. The molecular weight excluding hydrogens is 350 g/mol. The van der Waals surface area contributed by atoms with E-state index in [-0.39, 0.29) is 17.9 Å². The maximum atomic E-state index is 12.8. The average molecular weight is 375 g/mol. The number of pyridine rings is 1. The van der Waals surface area contributed by atoms with Crippen molar-refractivity contribution in [3.63, 3.8) is 0 Å². The van der Waals surface area contributed by atoms with E-state index in [0.717, 1.165) is 42.6 Å². The van der Waals surface area contributed by atoms with Gasteiger partial charge < -0.3 is 9.88 Å². The van der Waals surface area contributed by atoms with Gasteiger partial charge in [0.1, 0.15) is 0 Å². The van der Waals surface area contributed by atoms with Crippen LogP contribution in [0.25, 0.3) is 10.8 Å². The summed E-state index contributed by atoms with van der Waals surface area (Å²) in [5.74, 6) is 0.153. The van der Waals surface area contributed by atoms with Crippen molar-refractivity contribution in [3.8, 4) is 0 Å². The molecule has 0 unspecified atom stereocenters. The fourth-order valence-corrected chi connectivity index (χ4v) is 5.54. The Hall–Kier alpha value is -1.70. The number of nitrogens with one attached hydrogen (secondary N) is 1. The lowest BCUT2D eigenvalue weighted by atomic mass is 9.99. The largest absolute Gasteiger partial charge is 0.324 e. The van der Waals surface area contributed by atoms with Crippen LogP contribution in [-0.2, 0) is 23.0 Å². The van der Waals surface area contributed by atoms with Crippen molar-refractivity contribution in [3.05, 3.63) is 45.9 Å². The molecule has 1 saturated heterocycles. The molecule has 0 atom stereocenters. The molecule has 0 spiro atoms. The summed E-state index contributed by atoms with van der Waals surface area (Å²) in [6.07, 6.45) is 4.19. The molecule has 0 radical (unpaired) electrons. The second-order valence-corrected chi connectivity index (χ2v) is 9.35.